The smallest absolute Gasteiger partial charge is 0.209 e. The van der Waals surface area contributed by atoms with Crippen LogP contribution in [0, 0.1) is 5.92 Å². The van der Waals surface area contributed by atoms with Crippen molar-refractivity contribution >= 4 is 6.41 Å². The standard InChI is InChI=1S/C9H16N4O/c10-12-11-5-1-2-9-3-6-13(8-14)7-4-9/h8-9H,1-7H2. The molecule has 0 radical (unpaired) electrons. The number of rotatable bonds is 5. The summed E-state index contributed by atoms with van der Waals surface area (Å²) in [4.78, 5) is 15.0. The minimum atomic E-state index is 0.602. The first kappa shape index (κ1) is 10.9. The predicted octanol–water partition coefficient (Wildman–Crippen LogP) is 1.95. The van der Waals surface area contributed by atoms with Gasteiger partial charge < -0.3 is 4.90 Å². The van der Waals surface area contributed by atoms with Gasteiger partial charge in [0, 0.05) is 24.5 Å². The Kier molecular flexibility index (Phi) is 4.86. The summed E-state index contributed by atoms with van der Waals surface area (Å²) < 4.78 is 0. The van der Waals surface area contributed by atoms with Crippen LogP contribution in [0.5, 0.6) is 0 Å². The number of hydrogen-bond donors (Lipinski definition) is 0. The average molecular weight is 196 g/mol. The molecule has 0 unspecified atom stereocenters. The van der Waals surface area contributed by atoms with E-state index in [4.69, 9.17) is 5.53 Å². The highest BCUT2D eigenvalue weighted by Gasteiger charge is 2.16. The van der Waals surface area contributed by atoms with Gasteiger partial charge in [0.05, 0.1) is 0 Å². The van der Waals surface area contributed by atoms with Gasteiger partial charge in [0.2, 0.25) is 6.41 Å². The van der Waals surface area contributed by atoms with Crippen LogP contribution in [0.25, 0.3) is 10.4 Å². The molecule has 0 saturated carbocycles. The van der Waals surface area contributed by atoms with Crippen LogP contribution in [0.3, 0.4) is 0 Å². The van der Waals surface area contributed by atoms with Crippen LogP contribution in [-0.2, 0) is 4.79 Å². The van der Waals surface area contributed by atoms with Crippen LogP contribution in [0.4, 0.5) is 0 Å². The first-order valence-electron chi connectivity index (χ1n) is 5.07. The molecule has 78 valence electrons. The van der Waals surface area contributed by atoms with Gasteiger partial charge in [0.1, 0.15) is 0 Å². The van der Waals surface area contributed by atoms with Gasteiger partial charge in [0.25, 0.3) is 0 Å². The fraction of sp³-hybridized carbons (Fsp3) is 0.889. The number of piperidine rings is 1. The molecule has 1 rings (SSSR count). The molecule has 5 nitrogen and oxygen atoms in total. The second-order valence-electron chi connectivity index (χ2n) is 3.68. The van der Waals surface area contributed by atoms with Gasteiger partial charge in [-0.15, -0.1) is 0 Å². The summed E-state index contributed by atoms with van der Waals surface area (Å²) in [6, 6.07) is 0. The molecule has 0 spiro atoms. The molecule has 5 heteroatoms. The van der Waals surface area contributed by atoms with E-state index < -0.39 is 0 Å². The van der Waals surface area contributed by atoms with Crippen LogP contribution >= 0.6 is 0 Å². The second-order valence-corrected chi connectivity index (χ2v) is 3.68. The van der Waals surface area contributed by atoms with Gasteiger partial charge in [-0.05, 0) is 30.7 Å². The number of carbonyl (C=O) groups is 1. The summed E-state index contributed by atoms with van der Waals surface area (Å²) >= 11 is 0. The van der Waals surface area contributed by atoms with Crippen LogP contribution in [0.2, 0.25) is 0 Å². The molecule has 1 aliphatic rings. The summed E-state index contributed by atoms with van der Waals surface area (Å²) in [5.74, 6) is 0.708. The largest absolute Gasteiger partial charge is 0.345 e. The Balaban J connectivity index is 2.09. The first-order chi connectivity index (χ1) is 6.86. The maximum absolute atomic E-state index is 10.4. The van der Waals surface area contributed by atoms with Crippen molar-refractivity contribution in [3.05, 3.63) is 10.4 Å². The summed E-state index contributed by atoms with van der Waals surface area (Å²) in [5, 5.41) is 3.50. The molecule has 0 bridgehead atoms. The molecule has 0 aromatic carbocycles. The average Bonchev–Trinajstić information content (AvgIpc) is 2.25. The highest BCUT2D eigenvalue weighted by molar-refractivity contribution is 5.47. The molecule has 0 aromatic rings. The van der Waals surface area contributed by atoms with Crippen LogP contribution in [0.1, 0.15) is 25.7 Å². The monoisotopic (exact) mass is 196 g/mol. The normalized spacial score (nSPS) is 17.6. The quantitative estimate of drug-likeness (QED) is 0.218. The third-order valence-corrected chi connectivity index (χ3v) is 2.73. The van der Waals surface area contributed by atoms with Gasteiger partial charge in [-0.3, -0.25) is 4.79 Å². The number of likely N-dealkylation sites (tertiary alicyclic amines) is 1. The highest BCUT2D eigenvalue weighted by atomic mass is 16.1. The van der Waals surface area contributed by atoms with Crippen LogP contribution in [-0.4, -0.2) is 30.9 Å². The second kappa shape index (κ2) is 6.27. The van der Waals surface area contributed by atoms with Gasteiger partial charge in [-0.25, -0.2) is 0 Å². The lowest BCUT2D eigenvalue weighted by Gasteiger charge is -2.28. The number of carbonyl (C=O) groups excluding carboxylic acids is 1. The van der Waals surface area contributed by atoms with Gasteiger partial charge >= 0.3 is 0 Å². The van der Waals surface area contributed by atoms with Gasteiger partial charge in [-0.2, -0.15) is 0 Å². The molecule has 1 amide bonds. The summed E-state index contributed by atoms with van der Waals surface area (Å²) in [6.07, 6.45) is 5.20. The van der Waals surface area contributed by atoms with E-state index in [0.717, 1.165) is 45.2 Å². The first-order valence-corrected chi connectivity index (χ1v) is 5.07. The SMILES string of the molecule is [N-]=[N+]=NCCCC1CCN(C=O)CC1. The Morgan fingerprint density at radius 3 is 2.79 bits per heavy atom. The van der Waals surface area contributed by atoms with Crippen molar-refractivity contribution in [2.45, 2.75) is 25.7 Å². The van der Waals surface area contributed by atoms with E-state index in [1.165, 1.54) is 0 Å². The van der Waals surface area contributed by atoms with Crippen molar-refractivity contribution < 1.29 is 4.79 Å². The summed E-state index contributed by atoms with van der Waals surface area (Å²) in [6.45, 7) is 2.37. The molecular weight excluding hydrogens is 180 g/mol. The third kappa shape index (κ3) is 3.66. The molecule has 0 aliphatic carbocycles. The van der Waals surface area contributed by atoms with Crippen molar-refractivity contribution in [3.8, 4) is 0 Å². The maximum atomic E-state index is 10.4. The molecule has 0 N–H and O–H groups in total. The Hall–Kier alpha value is -1.22. The Labute approximate surface area is 83.7 Å². The van der Waals surface area contributed by atoms with Crippen LogP contribution in [0.15, 0.2) is 5.11 Å². The number of amides is 1. The van der Waals surface area contributed by atoms with Crippen molar-refractivity contribution in [2.75, 3.05) is 19.6 Å². The van der Waals surface area contributed by atoms with Crippen molar-refractivity contribution in [1.29, 1.82) is 0 Å². The lowest BCUT2D eigenvalue weighted by atomic mass is 9.92. The molecule has 14 heavy (non-hydrogen) atoms. The topological polar surface area (TPSA) is 69.1 Å². The number of azide groups is 1. The zero-order chi connectivity index (χ0) is 10.2. The Morgan fingerprint density at radius 2 is 2.21 bits per heavy atom. The molecule has 1 aliphatic heterocycles. The fourth-order valence-electron chi connectivity index (χ4n) is 1.84. The fourth-order valence-corrected chi connectivity index (χ4v) is 1.84. The summed E-state index contributed by atoms with van der Waals surface area (Å²) in [7, 11) is 0. The lowest BCUT2D eigenvalue weighted by Crippen LogP contribution is -2.32. The minimum absolute atomic E-state index is 0.602. The molecule has 0 aromatic heterocycles. The van der Waals surface area contributed by atoms with E-state index in [-0.39, 0.29) is 0 Å². The third-order valence-electron chi connectivity index (χ3n) is 2.73. The van der Waals surface area contributed by atoms with Gasteiger partial charge in [-0.1, -0.05) is 11.5 Å². The highest BCUT2D eigenvalue weighted by Crippen LogP contribution is 2.20. The van der Waals surface area contributed by atoms with Crippen molar-refractivity contribution in [1.82, 2.24) is 4.90 Å². The zero-order valence-corrected chi connectivity index (χ0v) is 8.30. The van der Waals surface area contributed by atoms with E-state index in [1.54, 1.807) is 0 Å². The Morgan fingerprint density at radius 1 is 1.50 bits per heavy atom. The maximum Gasteiger partial charge on any atom is 0.209 e. The van der Waals surface area contributed by atoms with E-state index >= 15 is 0 Å². The molecule has 1 fully saturated rings. The molecule has 0 atom stereocenters. The van der Waals surface area contributed by atoms with Crippen molar-refractivity contribution in [3.63, 3.8) is 0 Å². The molecule has 1 heterocycles. The number of nitrogens with zero attached hydrogens (tertiary/aromatic N) is 4. The lowest BCUT2D eigenvalue weighted by molar-refractivity contribution is -0.119. The van der Waals surface area contributed by atoms with E-state index in [2.05, 4.69) is 10.0 Å². The number of hydrogen-bond acceptors (Lipinski definition) is 2. The predicted molar refractivity (Wildman–Crippen MR) is 53.6 cm³/mol. The Bertz CT molecular complexity index is 217. The van der Waals surface area contributed by atoms with Crippen LogP contribution < -0.4 is 0 Å². The molecule has 1 saturated heterocycles. The van der Waals surface area contributed by atoms with E-state index in [1.807, 2.05) is 4.90 Å². The zero-order valence-electron chi connectivity index (χ0n) is 8.30. The van der Waals surface area contributed by atoms with E-state index in [0.29, 0.717) is 12.5 Å². The van der Waals surface area contributed by atoms with E-state index in [9.17, 15) is 4.79 Å². The van der Waals surface area contributed by atoms with Crippen molar-refractivity contribution in [2.24, 2.45) is 11.0 Å². The minimum Gasteiger partial charge on any atom is -0.345 e. The van der Waals surface area contributed by atoms with Gasteiger partial charge in [0.15, 0.2) is 0 Å². The summed E-state index contributed by atoms with van der Waals surface area (Å²) in [5.41, 5.74) is 8.08. The molecular formula is C9H16N4O.